The summed E-state index contributed by atoms with van der Waals surface area (Å²) in [5.74, 6) is -0.645. The molecular weight excluding hydrogens is 302 g/mol. The van der Waals surface area contributed by atoms with Crippen LogP contribution in [0.15, 0.2) is 59.5 Å². The standard InChI is InChI=1S/C16H17NO4S/c1-11(2)16(18)21-12(3)17-22(19,20)15-9-8-13-6-4-5-7-14(13)10-15/h4-10,12,17H,1H2,2-3H3. The third kappa shape index (κ3) is 3.72. The Balaban J connectivity index is 2.21. The summed E-state index contributed by atoms with van der Waals surface area (Å²) in [6, 6.07) is 12.3. The number of benzene rings is 2. The molecule has 22 heavy (non-hydrogen) atoms. The molecule has 5 nitrogen and oxygen atoms in total. The molecule has 0 heterocycles. The van der Waals surface area contributed by atoms with Gasteiger partial charge < -0.3 is 4.74 Å². The Morgan fingerprint density at radius 1 is 1.18 bits per heavy atom. The van der Waals surface area contributed by atoms with Crippen LogP contribution in [0.5, 0.6) is 0 Å². The number of rotatable bonds is 5. The van der Waals surface area contributed by atoms with Crippen LogP contribution in [0.1, 0.15) is 13.8 Å². The van der Waals surface area contributed by atoms with Crippen LogP contribution in [0.4, 0.5) is 0 Å². The van der Waals surface area contributed by atoms with E-state index in [9.17, 15) is 13.2 Å². The molecule has 0 aliphatic rings. The van der Waals surface area contributed by atoms with E-state index < -0.39 is 22.2 Å². The Kier molecular flexibility index (Phi) is 4.63. The van der Waals surface area contributed by atoms with Gasteiger partial charge in [-0.25, -0.2) is 13.2 Å². The first-order valence-electron chi connectivity index (χ1n) is 6.67. The topological polar surface area (TPSA) is 72.5 Å². The second kappa shape index (κ2) is 6.29. The summed E-state index contributed by atoms with van der Waals surface area (Å²) in [7, 11) is -3.78. The van der Waals surface area contributed by atoms with Crippen LogP contribution in [0.2, 0.25) is 0 Å². The molecule has 0 aliphatic carbocycles. The number of hydrogen-bond donors (Lipinski definition) is 1. The molecule has 2 rings (SSSR count). The van der Waals surface area contributed by atoms with Crippen molar-refractivity contribution >= 4 is 26.8 Å². The molecule has 0 saturated carbocycles. The van der Waals surface area contributed by atoms with E-state index in [1.165, 1.54) is 19.9 Å². The van der Waals surface area contributed by atoms with E-state index >= 15 is 0 Å². The van der Waals surface area contributed by atoms with Gasteiger partial charge in [0.25, 0.3) is 0 Å². The summed E-state index contributed by atoms with van der Waals surface area (Å²) in [5, 5.41) is 1.76. The Labute approximate surface area is 129 Å². The summed E-state index contributed by atoms with van der Waals surface area (Å²) in [6.45, 7) is 6.38. The first kappa shape index (κ1) is 16.2. The third-order valence-corrected chi connectivity index (χ3v) is 4.50. The number of carbonyl (C=O) groups is 1. The molecule has 1 unspecified atom stereocenters. The predicted octanol–water partition coefficient (Wildman–Crippen LogP) is 2.58. The number of hydrogen-bond acceptors (Lipinski definition) is 4. The van der Waals surface area contributed by atoms with Crippen molar-refractivity contribution < 1.29 is 17.9 Å². The van der Waals surface area contributed by atoms with Crippen molar-refractivity contribution in [3.05, 3.63) is 54.6 Å². The predicted molar refractivity (Wildman–Crippen MR) is 84.6 cm³/mol. The Morgan fingerprint density at radius 3 is 2.45 bits per heavy atom. The second-order valence-electron chi connectivity index (χ2n) is 4.96. The Morgan fingerprint density at radius 2 is 1.82 bits per heavy atom. The van der Waals surface area contributed by atoms with Crippen LogP contribution < -0.4 is 4.72 Å². The number of esters is 1. The Hall–Kier alpha value is -2.18. The lowest BCUT2D eigenvalue weighted by Gasteiger charge is -2.15. The molecule has 0 aliphatic heterocycles. The summed E-state index contributed by atoms with van der Waals surface area (Å²) in [6.07, 6.45) is -0.985. The first-order chi connectivity index (χ1) is 10.3. The number of sulfonamides is 1. The number of carbonyl (C=O) groups excluding carboxylic acids is 1. The third-order valence-electron chi connectivity index (χ3n) is 2.98. The largest absolute Gasteiger partial charge is 0.443 e. The quantitative estimate of drug-likeness (QED) is 0.522. The van der Waals surface area contributed by atoms with E-state index in [4.69, 9.17) is 4.74 Å². The molecule has 2 aromatic rings. The monoisotopic (exact) mass is 319 g/mol. The number of nitrogens with one attached hydrogen (secondary N) is 1. The Bertz CT molecular complexity index is 827. The molecule has 116 valence electrons. The van der Waals surface area contributed by atoms with Gasteiger partial charge in [-0.2, -0.15) is 4.72 Å². The van der Waals surface area contributed by atoms with E-state index in [2.05, 4.69) is 11.3 Å². The van der Waals surface area contributed by atoms with Crippen LogP contribution in [0.3, 0.4) is 0 Å². The zero-order valence-corrected chi connectivity index (χ0v) is 13.2. The van der Waals surface area contributed by atoms with E-state index in [1.54, 1.807) is 12.1 Å². The van der Waals surface area contributed by atoms with Gasteiger partial charge in [0.05, 0.1) is 4.90 Å². The molecule has 0 amide bonds. The van der Waals surface area contributed by atoms with Crippen molar-refractivity contribution in [3.63, 3.8) is 0 Å². The summed E-state index contributed by atoms with van der Waals surface area (Å²) in [5.41, 5.74) is 0.205. The van der Waals surface area contributed by atoms with E-state index in [0.29, 0.717) is 0 Å². The summed E-state index contributed by atoms with van der Waals surface area (Å²) < 4.78 is 31.9. The van der Waals surface area contributed by atoms with Gasteiger partial charge in [-0.05, 0) is 36.8 Å². The lowest BCUT2D eigenvalue weighted by Crippen LogP contribution is -2.36. The van der Waals surface area contributed by atoms with Gasteiger partial charge in [0.15, 0.2) is 6.23 Å². The van der Waals surface area contributed by atoms with Gasteiger partial charge in [-0.1, -0.05) is 36.9 Å². The molecule has 1 atom stereocenters. The highest BCUT2D eigenvalue weighted by molar-refractivity contribution is 7.89. The van der Waals surface area contributed by atoms with Gasteiger partial charge >= 0.3 is 5.97 Å². The van der Waals surface area contributed by atoms with Crippen LogP contribution in [-0.4, -0.2) is 20.6 Å². The van der Waals surface area contributed by atoms with E-state index in [1.807, 2.05) is 24.3 Å². The molecule has 2 aromatic carbocycles. The maximum Gasteiger partial charge on any atom is 0.334 e. The minimum atomic E-state index is -3.78. The van der Waals surface area contributed by atoms with Crippen molar-refractivity contribution in [2.24, 2.45) is 0 Å². The highest BCUT2D eigenvalue weighted by atomic mass is 32.2. The van der Waals surface area contributed by atoms with Crippen LogP contribution in [-0.2, 0) is 19.6 Å². The molecule has 0 radical (unpaired) electrons. The minimum absolute atomic E-state index is 0.115. The van der Waals surface area contributed by atoms with Gasteiger partial charge in [-0.3, -0.25) is 0 Å². The average Bonchev–Trinajstić information content (AvgIpc) is 2.45. The molecule has 1 N–H and O–H groups in total. The van der Waals surface area contributed by atoms with Crippen LogP contribution in [0, 0.1) is 0 Å². The summed E-state index contributed by atoms with van der Waals surface area (Å²) >= 11 is 0. The zero-order chi connectivity index (χ0) is 16.3. The molecule has 0 saturated heterocycles. The fourth-order valence-corrected chi connectivity index (χ4v) is 3.06. The SMILES string of the molecule is C=C(C)C(=O)OC(C)NS(=O)(=O)c1ccc2ccccc2c1. The number of ether oxygens (including phenoxy) is 1. The zero-order valence-electron chi connectivity index (χ0n) is 12.4. The van der Waals surface area contributed by atoms with E-state index in [-0.39, 0.29) is 10.5 Å². The highest BCUT2D eigenvalue weighted by Crippen LogP contribution is 2.19. The van der Waals surface area contributed by atoms with Crippen molar-refractivity contribution in [1.82, 2.24) is 4.72 Å². The van der Waals surface area contributed by atoms with Crippen LogP contribution >= 0.6 is 0 Å². The van der Waals surface area contributed by atoms with E-state index in [0.717, 1.165) is 10.8 Å². The van der Waals surface area contributed by atoms with Gasteiger partial charge in [-0.15, -0.1) is 0 Å². The van der Waals surface area contributed by atoms with Crippen molar-refractivity contribution in [1.29, 1.82) is 0 Å². The molecule has 6 heteroatoms. The average molecular weight is 319 g/mol. The van der Waals surface area contributed by atoms with Gasteiger partial charge in [0.2, 0.25) is 10.0 Å². The van der Waals surface area contributed by atoms with Crippen molar-refractivity contribution in [2.45, 2.75) is 25.0 Å². The maximum absolute atomic E-state index is 12.3. The van der Waals surface area contributed by atoms with Gasteiger partial charge in [0.1, 0.15) is 0 Å². The molecule has 0 bridgehead atoms. The van der Waals surface area contributed by atoms with Crippen molar-refractivity contribution in [3.8, 4) is 0 Å². The maximum atomic E-state index is 12.3. The van der Waals surface area contributed by atoms with Crippen molar-refractivity contribution in [2.75, 3.05) is 0 Å². The second-order valence-corrected chi connectivity index (χ2v) is 6.67. The first-order valence-corrected chi connectivity index (χ1v) is 8.15. The van der Waals surface area contributed by atoms with Gasteiger partial charge in [0, 0.05) is 5.57 Å². The lowest BCUT2D eigenvalue weighted by molar-refractivity contribution is -0.143. The molecular formula is C16H17NO4S. The lowest BCUT2D eigenvalue weighted by atomic mass is 10.1. The molecule has 0 spiro atoms. The summed E-state index contributed by atoms with van der Waals surface area (Å²) in [4.78, 5) is 11.5. The van der Waals surface area contributed by atoms with Crippen LogP contribution in [0.25, 0.3) is 10.8 Å². The number of fused-ring (bicyclic) bond motifs is 1. The smallest absolute Gasteiger partial charge is 0.334 e. The molecule has 0 aromatic heterocycles. The fourth-order valence-electron chi connectivity index (χ4n) is 1.91. The normalized spacial score (nSPS) is 12.8. The fraction of sp³-hybridized carbons (Fsp3) is 0.188. The molecule has 0 fully saturated rings. The highest BCUT2D eigenvalue weighted by Gasteiger charge is 2.20. The minimum Gasteiger partial charge on any atom is -0.443 e.